The topological polar surface area (TPSA) is 33.1 Å². The maximum atomic E-state index is 13.7. The third-order valence-corrected chi connectivity index (χ3v) is 2.85. The summed E-state index contributed by atoms with van der Waals surface area (Å²) in [4.78, 5) is 0. The van der Waals surface area contributed by atoms with E-state index in [4.69, 9.17) is 0 Å². The number of phenols is 1. The lowest BCUT2D eigenvalue weighted by molar-refractivity contribution is 0.218. The summed E-state index contributed by atoms with van der Waals surface area (Å²) >= 11 is 1.20. The summed E-state index contributed by atoms with van der Waals surface area (Å²) in [5.41, 5.74) is -1.20. The smallest absolute Gasteiger partial charge is 0.149 e. The van der Waals surface area contributed by atoms with Crippen molar-refractivity contribution in [2.45, 2.75) is 19.5 Å². The predicted octanol–water partition coefficient (Wildman–Crippen LogP) is 3.21. The van der Waals surface area contributed by atoms with Crippen molar-refractivity contribution in [1.82, 2.24) is 4.37 Å². The maximum absolute atomic E-state index is 13.7. The first-order valence-corrected chi connectivity index (χ1v) is 5.04. The monoisotopic (exact) mass is 211 g/mol. The van der Waals surface area contributed by atoms with E-state index in [-0.39, 0.29) is 5.75 Å². The van der Waals surface area contributed by atoms with Crippen LogP contribution in [-0.2, 0) is 5.67 Å². The van der Waals surface area contributed by atoms with Gasteiger partial charge in [-0.25, -0.2) is 4.39 Å². The molecule has 0 unspecified atom stereocenters. The number of nitrogens with zero attached hydrogens (tertiary/aromatic N) is 1. The predicted molar refractivity (Wildman–Crippen MR) is 55.4 cm³/mol. The minimum atomic E-state index is -1.52. The highest BCUT2D eigenvalue weighted by molar-refractivity contribution is 7.13. The molecule has 0 bridgehead atoms. The number of hydrogen-bond donors (Lipinski definition) is 1. The van der Waals surface area contributed by atoms with Crippen LogP contribution in [0.4, 0.5) is 4.39 Å². The Balaban J connectivity index is 2.80. The summed E-state index contributed by atoms with van der Waals surface area (Å²) in [6.45, 7) is 2.88. The van der Waals surface area contributed by atoms with Gasteiger partial charge in [-0.2, -0.15) is 4.37 Å². The van der Waals surface area contributed by atoms with Crippen LogP contribution in [0.1, 0.15) is 19.5 Å². The highest BCUT2D eigenvalue weighted by Crippen LogP contribution is 2.37. The first kappa shape index (κ1) is 9.40. The molecule has 1 aromatic carbocycles. The van der Waals surface area contributed by atoms with Crippen LogP contribution in [0.15, 0.2) is 18.2 Å². The van der Waals surface area contributed by atoms with E-state index in [1.54, 1.807) is 12.1 Å². The maximum Gasteiger partial charge on any atom is 0.149 e. The molecule has 0 atom stereocenters. The second-order valence-electron chi connectivity index (χ2n) is 3.65. The molecule has 2 rings (SSSR count). The third kappa shape index (κ3) is 1.35. The minimum absolute atomic E-state index is 0.0944. The van der Waals surface area contributed by atoms with Gasteiger partial charge in [-0.3, -0.25) is 0 Å². The largest absolute Gasteiger partial charge is 0.507 e. The molecule has 4 heteroatoms. The van der Waals surface area contributed by atoms with Crippen molar-refractivity contribution in [2.24, 2.45) is 0 Å². The van der Waals surface area contributed by atoms with Crippen molar-refractivity contribution in [1.29, 1.82) is 0 Å². The van der Waals surface area contributed by atoms with Gasteiger partial charge in [-0.1, -0.05) is 6.07 Å². The highest BCUT2D eigenvalue weighted by atomic mass is 32.1. The number of rotatable bonds is 1. The molecule has 1 N–H and O–H groups in total. The molecule has 74 valence electrons. The van der Waals surface area contributed by atoms with E-state index in [1.807, 2.05) is 6.07 Å². The zero-order valence-electron chi connectivity index (χ0n) is 7.91. The molecule has 0 aliphatic rings. The average Bonchev–Trinajstić information content (AvgIpc) is 2.47. The second kappa shape index (κ2) is 2.92. The lowest BCUT2D eigenvalue weighted by Crippen LogP contribution is -2.09. The van der Waals surface area contributed by atoms with Gasteiger partial charge in [-0.05, 0) is 37.5 Å². The molecule has 0 fully saturated rings. The Morgan fingerprint density at radius 2 is 2.14 bits per heavy atom. The van der Waals surface area contributed by atoms with Crippen LogP contribution in [0.25, 0.3) is 10.1 Å². The Hall–Kier alpha value is -1.16. The van der Waals surface area contributed by atoms with Gasteiger partial charge in [0.1, 0.15) is 17.1 Å². The van der Waals surface area contributed by atoms with Gasteiger partial charge in [0.05, 0.1) is 10.1 Å². The van der Waals surface area contributed by atoms with Crippen LogP contribution in [0.3, 0.4) is 0 Å². The molecule has 0 saturated carbocycles. The van der Waals surface area contributed by atoms with Crippen LogP contribution >= 0.6 is 11.5 Å². The number of hydrogen-bond acceptors (Lipinski definition) is 3. The minimum Gasteiger partial charge on any atom is -0.507 e. The number of fused-ring (bicyclic) bond motifs is 1. The summed E-state index contributed by atoms with van der Waals surface area (Å²) in [6, 6.07) is 5.10. The van der Waals surface area contributed by atoms with Gasteiger partial charge in [0, 0.05) is 0 Å². The summed E-state index contributed by atoms with van der Waals surface area (Å²) in [5.74, 6) is 0.0944. The molecule has 1 heterocycles. The molecule has 0 aliphatic heterocycles. The Bertz CT molecular complexity index is 472. The summed E-state index contributed by atoms with van der Waals surface area (Å²) in [7, 11) is 0. The fourth-order valence-electron chi connectivity index (χ4n) is 1.38. The van der Waals surface area contributed by atoms with E-state index in [0.717, 1.165) is 4.70 Å². The highest BCUT2D eigenvalue weighted by Gasteiger charge is 2.26. The van der Waals surface area contributed by atoms with E-state index >= 15 is 0 Å². The van der Waals surface area contributed by atoms with Crippen molar-refractivity contribution in [3.63, 3.8) is 0 Å². The second-order valence-corrected chi connectivity index (χ2v) is 4.46. The molecule has 0 aliphatic carbocycles. The van der Waals surface area contributed by atoms with E-state index < -0.39 is 5.67 Å². The molecule has 14 heavy (non-hydrogen) atoms. The van der Waals surface area contributed by atoms with Crippen molar-refractivity contribution in [3.05, 3.63) is 23.9 Å². The van der Waals surface area contributed by atoms with Crippen LogP contribution in [0.2, 0.25) is 0 Å². The Morgan fingerprint density at radius 3 is 2.79 bits per heavy atom. The lowest BCUT2D eigenvalue weighted by Gasteiger charge is -2.11. The first-order valence-electron chi connectivity index (χ1n) is 4.27. The van der Waals surface area contributed by atoms with E-state index in [1.165, 1.54) is 25.4 Å². The zero-order chi connectivity index (χ0) is 10.3. The van der Waals surface area contributed by atoms with Crippen LogP contribution in [-0.4, -0.2) is 9.48 Å². The molecule has 0 saturated heterocycles. The van der Waals surface area contributed by atoms with E-state index in [2.05, 4.69) is 4.37 Å². The molecule has 1 aromatic heterocycles. The SMILES string of the molecule is CC(C)(F)c1nsc2cccc(O)c12. The Labute approximate surface area is 85.2 Å². The molecule has 0 spiro atoms. The first-order chi connectivity index (χ1) is 6.50. The van der Waals surface area contributed by atoms with Gasteiger partial charge in [0.25, 0.3) is 0 Å². The summed E-state index contributed by atoms with van der Waals surface area (Å²) < 4.78 is 18.5. The van der Waals surface area contributed by atoms with Crippen LogP contribution < -0.4 is 0 Å². The summed E-state index contributed by atoms with van der Waals surface area (Å²) in [5, 5.41) is 10.1. The molecular weight excluding hydrogens is 201 g/mol. The molecule has 2 aromatic rings. The summed E-state index contributed by atoms with van der Waals surface area (Å²) in [6.07, 6.45) is 0. The number of phenolic OH excluding ortho intramolecular Hbond substituents is 1. The number of alkyl halides is 1. The van der Waals surface area contributed by atoms with Crippen molar-refractivity contribution in [2.75, 3.05) is 0 Å². The molecule has 0 amide bonds. The van der Waals surface area contributed by atoms with Crippen LogP contribution in [0, 0.1) is 0 Å². The fraction of sp³-hybridized carbons (Fsp3) is 0.300. The average molecular weight is 211 g/mol. The van der Waals surface area contributed by atoms with Crippen molar-refractivity contribution in [3.8, 4) is 5.75 Å². The van der Waals surface area contributed by atoms with Crippen molar-refractivity contribution < 1.29 is 9.50 Å². The van der Waals surface area contributed by atoms with Gasteiger partial charge in [0.15, 0.2) is 0 Å². The zero-order valence-corrected chi connectivity index (χ0v) is 8.73. The van der Waals surface area contributed by atoms with E-state index in [9.17, 15) is 9.50 Å². The Kier molecular flexibility index (Phi) is 1.96. The molecular formula is C10H10FNOS. The number of aromatic hydroxyl groups is 1. The standard InChI is InChI=1S/C10H10FNOS/c1-10(2,11)9-8-6(13)4-3-5-7(8)14-12-9/h3-5,13H,1-2H3. The normalized spacial score (nSPS) is 12.2. The third-order valence-electron chi connectivity index (χ3n) is 2.04. The van der Waals surface area contributed by atoms with Gasteiger partial charge in [-0.15, -0.1) is 0 Å². The molecule has 2 nitrogen and oxygen atoms in total. The van der Waals surface area contributed by atoms with Gasteiger partial charge < -0.3 is 5.11 Å². The number of aromatic nitrogens is 1. The molecule has 0 radical (unpaired) electrons. The quantitative estimate of drug-likeness (QED) is 0.785. The Morgan fingerprint density at radius 1 is 1.43 bits per heavy atom. The van der Waals surface area contributed by atoms with Gasteiger partial charge >= 0.3 is 0 Å². The number of halogens is 1. The van der Waals surface area contributed by atoms with Gasteiger partial charge in [0.2, 0.25) is 0 Å². The van der Waals surface area contributed by atoms with Crippen LogP contribution in [0.5, 0.6) is 5.75 Å². The van der Waals surface area contributed by atoms with E-state index in [0.29, 0.717) is 11.1 Å². The fourth-order valence-corrected chi connectivity index (χ4v) is 2.31. The van der Waals surface area contributed by atoms with Crippen molar-refractivity contribution >= 4 is 21.6 Å². The lowest BCUT2D eigenvalue weighted by atomic mass is 10.0. The number of benzene rings is 1.